The average molecular weight is 323 g/mol. The predicted molar refractivity (Wildman–Crippen MR) is 86.0 cm³/mol. The number of halogens is 1. The fourth-order valence-electron chi connectivity index (χ4n) is 1.70. The normalized spacial score (nSPS) is 11.7. The van der Waals surface area contributed by atoms with Crippen molar-refractivity contribution in [1.29, 1.82) is 0 Å². The fourth-order valence-corrected chi connectivity index (χ4v) is 1.81. The van der Waals surface area contributed by atoms with E-state index < -0.39 is 0 Å². The van der Waals surface area contributed by atoms with E-state index in [1.54, 1.807) is 0 Å². The molecule has 0 heterocycles. The number of hydrogen-bond donors (Lipinski definition) is 0. The summed E-state index contributed by atoms with van der Waals surface area (Å²) in [6, 6.07) is 6.51. The second-order valence-electron chi connectivity index (χ2n) is 6.81. The van der Waals surface area contributed by atoms with Crippen LogP contribution in [0.1, 0.15) is 52.7 Å². The lowest BCUT2D eigenvalue weighted by atomic mass is 9.80. The van der Waals surface area contributed by atoms with Gasteiger partial charge >= 0.3 is 0 Å². The number of ether oxygens (including phenoxy) is 1. The number of hydrogen-bond acceptors (Lipinski definition) is 1. The Bertz CT molecular complexity index is 460. The Balaban J connectivity index is 3.19. The maximum absolute atomic E-state index is 5.71. The summed E-state index contributed by atoms with van der Waals surface area (Å²) in [5.74, 6) is 3.75. The number of benzene rings is 1. The molecule has 0 aliphatic rings. The molecule has 0 saturated carbocycles. The Hall–Kier alpha value is -0.940. The molecule has 0 saturated heterocycles. The maximum atomic E-state index is 5.71. The van der Waals surface area contributed by atoms with Gasteiger partial charge in [-0.3, -0.25) is 0 Å². The second kappa shape index (κ2) is 6.01. The molecule has 0 aromatic heterocycles. The minimum absolute atomic E-state index is 0.112. The molecule has 0 spiro atoms. The number of rotatable bonds is 2. The summed E-state index contributed by atoms with van der Waals surface area (Å²) in [7, 11) is 0. The van der Waals surface area contributed by atoms with Crippen LogP contribution in [0.3, 0.4) is 0 Å². The Morgan fingerprint density at radius 2 is 1.42 bits per heavy atom. The molecule has 0 unspecified atom stereocenters. The zero-order chi connectivity index (χ0) is 14.7. The highest BCUT2D eigenvalue weighted by atomic mass is 79.9. The monoisotopic (exact) mass is 322 g/mol. The summed E-state index contributed by atoms with van der Waals surface area (Å²) < 4.78 is 5.71. The van der Waals surface area contributed by atoms with E-state index in [2.05, 4.69) is 86.4 Å². The van der Waals surface area contributed by atoms with E-state index in [-0.39, 0.29) is 10.8 Å². The van der Waals surface area contributed by atoms with Crippen LogP contribution >= 0.6 is 15.9 Å². The van der Waals surface area contributed by atoms with Gasteiger partial charge in [0, 0.05) is 15.9 Å². The van der Waals surface area contributed by atoms with E-state index in [0.29, 0.717) is 6.61 Å². The molecule has 0 atom stereocenters. The molecule has 0 aliphatic carbocycles. The zero-order valence-corrected chi connectivity index (χ0v) is 14.3. The highest BCUT2D eigenvalue weighted by Crippen LogP contribution is 2.32. The Morgan fingerprint density at radius 1 is 0.947 bits per heavy atom. The van der Waals surface area contributed by atoms with Crippen molar-refractivity contribution < 1.29 is 4.74 Å². The maximum Gasteiger partial charge on any atom is 0.149 e. The smallest absolute Gasteiger partial charge is 0.149 e. The third-order valence-electron chi connectivity index (χ3n) is 3.02. The molecule has 1 aromatic carbocycles. The molecule has 1 rings (SSSR count). The van der Waals surface area contributed by atoms with E-state index in [1.165, 1.54) is 11.1 Å². The van der Waals surface area contributed by atoms with Crippen LogP contribution in [0, 0.1) is 10.8 Å². The van der Waals surface area contributed by atoms with Crippen molar-refractivity contribution in [2.45, 2.75) is 52.4 Å². The molecule has 0 bridgehead atoms. The lowest BCUT2D eigenvalue weighted by molar-refractivity contribution is 0.367. The van der Waals surface area contributed by atoms with Gasteiger partial charge in [-0.1, -0.05) is 47.6 Å². The van der Waals surface area contributed by atoms with Crippen LogP contribution in [0.5, 0.6) is 5.75 Å². The van der Waals surface area contributed by atoms with Gasteiger partial charge in [0.05, 0.1) is 0 Å². The van der Waals surface area contributed by atoms with Gasteiger partial charge in [-0.2, -0.15) is 0 Å². The fraction of sp³-hybridized carbons (Fsp3) is 0.529. The highest BCUT2D eigenvalue weighted by Gasteiger charge is 2.20. The van der Waals surface area contributed by atoms with E-state index in [4.69, 9.17) is 4.74 Å². The quantitative estimate of drug-likeness (QED) is 0.695. The molecule has 2 heteroatoms. The van der Waals surface area contributed by atoms with Gasteiger partial charge in [-0.25, -0.2) is 0 Å². The van der Waals surface area contributed by atoms with Crippen molar-refractivity contribution in [1.82, 2.24) is 0 Å². The first kappa shape index (κ1) is 16.1. The molecule has 0 fully saturated rings. The van der Waals surface area contributed by atoms with Gasteiger partial charge in [0.15, 0.2) is 0 Å². The van der Waals surface area contributed by atoms with Gasteiger partial charge < -0.3 is 4.74 Å². The highest BCUT2D eigenvalue weighted by molar-refractivity contribution is 9.12. The van der Waals surface area contributed by atoms with Crippen LogP contribution in [-0.4, -0.2) is 6.61 Å². The topological polar surface area (TPSA) is 9.23 Å². The van der Waals surface area contributed by atoms with E-state index in [1.807, 2.05) is 0 Å². The van der Waals surface area contributed by atoms with Gasteiger partial charge in [0.1, 0.15) is 12.4 Å². The first-order valence-electron chi connectivity index (χ1n) is 6.52. The lowest BCUT2D eigenvalue weighted by Gasteiger charge is -2.26. The van der Waals surface area contributed by atoms with E-state index in [0.717, 1.165) is 5.75 Å². The molecule has 1 aromatic rings. The van der Waals surface area contributed by atoms with Gasteiger partial charge in [0.25, 0.3) is 0 Å². The van der Waals surface area contributed by atoms with Crippen molar-refractivity contribution >= 4 is 15.9 Å². The first-order valence-corrected chi connectivity index (χ1v) is 7.31. The lowest BCUT2D eigenvalue weighted by Crippen LogP contribution is -2.16. The SMILES string of the molecule is CC(C)(C)c1cc(OCC#CBr)cc(C(C)(C)C)c1. The van der Waals surface area contributed by atoms with Crippen LogP contribution in [0.25, 0.3) is 0 Å². The molecular weight excluding hydrogens is 300 g/mol. The van der Waals surface area contributed by atoms with Crippen LogP contribution in [-0.2, 0) is 10.8 Å². The van der Waals surface area contributed by atoms with Crippen LogP contribution in [0.2, 0.25) is 0 Å². The van der Waals surface area contributed by atoms with E-state index in [9.17, 15) is 0 Å². The van der Waals surface area contributed by atoms with Gasteiger partial charge in [-0.05, 0) is 44.8 Å². The third-order valence-corrected chi connectivity index (χ3v) is 3.30. The first-order chi connectivity index (χ1) is 8.64. The van der Waals surface area contributed by atoms with Gasteiger partial charge in [0.2, 0.25) is 0 Å². The van der Waals surface area contributed by atoms with Crippen molar-refractivity contribution in [2.75, 3.05) is 6.61 Å². The standard InChI is InChI=1S/C17H23BrO/c1-16(2,3)13-10-14(17(4,5)6)12-15(11-13)19-9-7-8-18/h10-12H,9H2,1-6H3. The largest absolute Gasteiger partial charge is 0.481 e. The summed E-state index contributed by atoms with van der Waals surface area (Å²) in [5.41, 5.74) is 2.81. The Morgan fingerprint density at radius 3 is 1.79 bits per heavy atom. The van der Waals surface area contributed by atoms with Crippen molar-refractivity contribution in [2.24, 2.45) is 0 Å². The second-order valence-corrected chi connectivity index (χ2v) is 7.20. The summed E-state index contributed by atoms with van der Waals surface area (Å²) in [6.07, 6.45) is 0. The average Bonchev–Trinajstić information content (AvgIpc) is 2.27. The molecule has 0 N–H and O–H groups in total. The Kier molecular flexibility index (Phi) is 5.10. The summed E-state index contributed by atoms with van der Waals surface area (Å²) >= 11 is 3.07. The molecule has 0 aliphatic heterocycles. The third kappa shape index (κ3) is 4.91. The van der Waals surface area contributed by atoms with Crippen LogP contribution in [0.15, 0.2) is 18.2 Å². The predicted octanol–water partition coefficient (Wildman–Crippen LogP) is 5.02. The minimum atomic E-state index is 0.112. The molecule has 1 nitrogen and oxygen atoms in total. The molecular formula is C17H23BrO. The van der Waals surface area contributed by atoms with Crippen LogP contribution in [0.4, 0.5) is 0 Å². The minimum Gasteiger partial charge on any atom is -0.481 e. The summed E-state index contributed by atoms with van der Waals surface area (Å²) in [5, 5.41) is 0. The zero-order valence-electron chi connectivity index (χ0n) is 12.7. The van der Waals surface area contributed by atoms with Crippen molar-refractivity contribution in [3.05, 3.63) is 29.3 Å². The van der Waals surface area contributed by atoms with Crippen molar-refractivity contribution in [3.8, 4) is 16.5 Å². The molecule has 104 valence electrons. The van der Waals surface area contributed by atoms with Gasteiger partial charge in [-0.15, -0.1) is 0 Å². The van der Waals surface area contributed by atoms with Crippen LogP contribution < -0.4 is 4.74 Å². The molecule has 0 radical (unpaired) electrons. The molecule has 0 amide bonds. The summed E-state index contributed by atoms with van der Waals surface area (Å²) in [4.78, 5) is 2.67. The Labute approximate surface area is 125 Å². The molecule has 19 heavy (non-hydrogen) atoms. The van der Waals surface area contributed by atoms with E-state index >= 15 is 0 Å². The summed E-state index contributed by atoms with van der Waals surface area (Å²) in [6.45, 7) is 13.7. The van der Waals surface area contributed by atoms with Crippen molar-refractivity contribution in [3.63, 3.8) is 0 Å².